The average Bonchev–Trinajstić information content (AvgIpc) is 2.81. The summed E-state index contributed by atoms with van der Waals surface area (Å²) in [4.78, 5) is 0. The second-order valence-corrected chi connectivity index (χ2v) is 4.68. The Kier molecular flexibility index (Phi) is 2.99. The molecule has 3 aromatic rings. The van der Waals surface area contributed by atoms with E-state index in [-0.39, 0.29) is 5.82 Å². The van der Waals surface area contributed by atoms with Gasteiger partial charge in [0.2, 0.25) is 0 Å². The van der Waals surface area contributed by atoms with Gasteiger partial charge in [-0.3, -0.25) is 5.10 Å². The number of halogens is 1. The number of aromatic amines is 1. The van der Waals surface area contributed by atoms with Crippen molar-refractivity contribution in [1.82, 2.24) is 10.2 Å². The van der Waals surface area contributed by atoms with Gasteiger partial charge in [-0.2, -0.15) is 5.10 Å². The largest absolute Gasteiger partial charge is 0.382 e. The molecule has 0 amide bonds. The zero-order valence-corrected chi connectivity index (χ0v) is 11.0. The van der Waals surface area contributed by atoms with Gasteiger partial charge in [0.1, 0.15) is 5.82 Å². The van der Waals surface area contributed by atoms with E-state index in [4.69, 9.17) is 5.73 Å². The van der Waals surface area contributed by atoms with Crippen LogP contribution in [0.15, 0.2) is 48.5 Å². The van der Waals surface area contributed by atoms with Gasteiger partial charge in [0.25, 0.3) is 0 Å². The van der Waals surface area contributed by atoms with Crippen LogP contribution in [-0.2, 0) is 0 Å². The second kappa shape index (κ2) is 4.81. The van der Waals surface area contributed by atoms with Crippen molar-refractivity contribution in [2.24, 2.45) is 0 Å². The molecule has 0 aliphatic rings. The number of nitrogens with zero attached hydrogens (tertiary/aromatic N) is 1. The molecule has 3 rings (SSSR count). The molecule has 0 spiro atoms. The van der Waals surface area contributed by atoms with Gasteiger partial charge in [-0.05, 0) is 36.2 Å². The number of hydrogen-bond acceptors (Lipinski definition) is 2. The first-order valence-electron chi connectivity index (χ1n) is 6.32. The summed E-state index contributed by atoms with van der Waals surface area (Å²) in [6.07, 6.45) is 0. The minimum Gasteiger partial charge on any atom is -0.382 e. The maximum Gasteiger partial charge on any atom is 0.153 e. The Morgan fingerprint density at radius 2 is 1.85 bits per heavy atom. The van der Waals surface area contributed by atoms with Crippen LogP contribution in [0, 0.1) is 12.7 Å². The summed E-state index contributed by atoms with van der Waals surface area (Å²) in [5.74, 6) is 0.190. The standard InChI is InChI=1S/C16H14FN3/c1-10-9-12(17)7-8-13(10)15-14(16(18)20-19-15)11-5-3-2-4-6-11/h2-9H,1H3,(H3,18,19,20). The summed E-state index contributed by atoms with van der Waals surface area (Å²) in [6.45, 7) is 1.87. The summed E-state index contributed by atoms with van der Waals surface area (Å²) in [5, 5.41) is 7.04. The van der Waals surface area contributed by atoms with E-state index in [0.717, 1.165) is 27.9 Å². The summed E-state index contributed by atoms with van der Waals surface area (Å²) >= 11 is 0. The van der Waals surface area contributed by atoms with Crippen molar-refractivity contribution in [1.29, 1.82) is 0 Å². The Bertz CT molecular complexity index is 748. The van der Waals surface area contributed by atoms with Crippen LogP contribution in [0.5, 0.6) is 0 Å². The molecule has 0 aliphatic heterocycles. The SMILES string of the molecule is Cc1cc(F)ccc1-c1[nH]nc(N)c1-c1ccccc1. The molecule has 20 heavy (non-hydrogen) atoms. The fourth-order valence-electron chi connectivity index (χ4n) is 2.36. The highest BCUT2D eigenvalue weighted by Crippen LogP contribution is 2.35. The van der Waals surface area contributed by atoms with Crippen LogP contribution in [0.3, 0.4) is 0 Å². The topological polar surface area (TPSA) is 54.7 Å². The van der Waals surface area contributed by atoms with Crippen molar-refractivity contribution in [3.8, 4) is 22.4 Å². The fourth-order valence-corrected chi connectivity index (χ4v) is 2.36. The number of H-pyrrole nitrogens is 1. The molecule has 3 nitrogen and oxygen atoms in total. The maximum absolute atomic E-state index is 13.2. The van der Waals surface area contributed by atoms with Gasteiger partial charge in [0.15, 0.2) is 5.82 Å². The lowest BCUT2D eigenvalue weighted by Crippen LogP contribution is -1.90. The van der Waals surface area contributed by atoms with Crippen LogP contribution in [0.1, 0.15) is 5.56 Å². The van der Waals surface area contributed by atoms with Gasteiger partial charge in [0.05, 0.1) is 11.3 Å². The third kappa shape index (κ3) is 2.05. The average molecular weight is 267 g/mol. The number of nitrogens with two attached hydrogens (primary N) is 1. The van der Waals surface area contributed by atoms with Crippen molar-refractivity contribution >= 4 is 5.82 Å². The van der Waals surface area contributed by atoms with Crippen LogP contribution in [-0.4, -0.2) is 10.2 Å². The lowest BCUT2D eigenvalue weighted by atomic mass is 9.98. The van der Waals surface area contributed by atoms with Gasteiger partial charge in [-0.1, -0.05) is 30.3 Å². The Morgan fingerprint density at radius 3 is 2.55 bits per heavy atom. The quantitative estimate of drug-likeness (QED) is 0.742. The molecule has 0 bridgehead atoms. The smallest absolute Gasteiger partial charge is 0.153 e. The zero-order chi connectivity index (χ0) is 14.1. The Morgan fingerprint density at radius 1 is 1.10 bits per heavy atom. The molecule has 0 radical (unpaired) electrons. The summed E-state index contributed by atoms with van der Waals surface area (Å²) < 4.78 is 13.2. The van der Waals surface area contributed by atoms with E-state index in [2.05, 4.69) is 10.2 Å². The number of benzene rings is 2. The van der Waals surface area contributed by atoms with Crippen LogP contribution in [0.25, 0.3) is 22.4 Å². The second-order valence-electron chi connectivity index (χ2n) is 4.68. The zero-order valence-electron chi connectivity index (χ0n) is 11.0. The van der Waals surface area contributed by atoms with Crippen molar-refractivity contribution in [2.75, 3.05) is 5.73 Å². The molecule has 4 heteroatoms. The van der Waals surface area contributed by atoms with Crippen molar-refractivity contribution in [3.63, 3.8) is 0 Å². The molecule has 0 unspecified atom stereocenters. The summed E-state index contributed by atoms with van der Waals surface area (Å²) in [5.41, 5.74) is 10.4. The van der Waals surface area contributed by atoms with Gasteiger partial charge in [0, 0.05) is 5.56 Å². The first-order valence-corrected chi connectivity index (χ1v) is 6.32. The number of anilines is 1. The van der Waals surface area contributed by atoms with Crippen molar-refractivity contribution in [3.05, 3.63) is 59.9 Å². The number of nitrogens with one attached hydrogen (secondary N) is 1. The lowest BCUT2D eigenvalue weighted by Gasteiger charge is -2.07. The number of rotatable bonds is 2. The monoisotopic (exact) mass is 267 g/mol. The molecule has 0 atom stereocenters. The van der Waals surface area contributed by atoms with E-state index in [1.165, 1.54) is 12.1 Å². The molecule has 1 aromatic heterocycles. The third-order valence-corrected chi connectivity index (χ3v) is 3.31. The number of nitrogen functional groups attached to an aromatic ring is 1. The van der Waals surface area contributed by atoms with Gasteiger partial charge >= 0.3 is 0 Å². The van der Waals surface area contributed by atoms with Crippen LogP contribution < -0.4 is 5.73 Å². The summed E-state index contributed by atoms with van der Waals surface area (Å²) in [6, 6.07) is 14.5. The molecular weight excluding hydrogens is 253 g/mol. The lowest BCUT2D eigenvalue weighted by molar-refractivity contribution is 0.627. The predicted octanol–water partition coefficient (Wildman–Crippen LogP) is 3.77. The highest BCUT2D eigenvalue weighted by molar-refractivity contribution is 5.88. The highest BCUT2D eigenvalue weighted by Gasteiger charge is 2.16. The predicted molar refractivity (Wildman–Crippen MR) is 78.6 cm³/mol. The molecule has 1 heterocycles. The minimum atomic E-state index is -0.250. The molecule has 0 saturated carbocycles. The summed E-state index contributed by atoms with van der Waals surface area (Å²) in [7, 11) is 0. The molecule has 0 saturated heterocycles. The van der Waals surface area contributed by atoms with E-state index in [1.807, 2.05) is 37.3 Å². The normalized spacial score (nSPS) is 10.7. The van der Waals surface area contributed by atoms with E-state index < -0.39 is 0 Å². The fraction of sp³-hybridized carbons (Fsp3) is 0.0625. The van der Waals surface area contributed by atoms with Crippen LogP contribution in [0.4, 0.5) is 10.2 Å². The highest BCUT2D eigenvalue weighted by atomic mass is 19.1. The van der Waals surface area contributed by atoms with E-state index >= 15 is 0 Å². The Labute approximate surface area is 116 Å². The van der Waals surface area contributed by atoms with E-state index in [9.17, 15) is 4.39 Å². The number of hydrogen-bond donors (Lipinski definition) is 2. The van der Waals surface area contributed by atoms with Crippen molar-refractivity contribution < 1.29 is 4.39 Å². The maximum atomic E-state index is 13.2. The number of aryl methyl sites for hydroxylation is 1. The molecule has 3 N–H and O–H groups in total. The molecule has 0 fully saturated rings. The van der Waals surface area contributed by atoms with Gasteiger partial charge in [-0.25, -0.2) is 4.39 Å². The Balaban J connectivity index is 2.21. The first-order chi connectivity index (χ1) is 9.66. The van der Waals surface area contributed by atoms with Gasteiger partial charge < -0.3 is 5.73 Å². The van der Waals surface area contributed by atoms with Gasteiger partial charge in [-0.15, -0.1) is 0 Å². The van der Waals surface area contributed by atoms with Crippen LogP contribution >= 0.6 is 0 Å². The van der Waals surface area contributed by atoms with Crippen LogP contribution in [0.2, 0.25) is 0 Å². The molecular formula is C16H14FN3. The van der Waals surface area contributed by atoms with E-state index in [0.29, 0.717) is 5.82 Å². The molecule has 2 aromatic carbocycles. The molecule has 100 valence electrons. The first kappa shape index (κ1) is 12.4. The molecule has 0 aliphatic carbocycles. The number of aromatic nitrogens is 2. The minimum absolute atomic E-state index is 0.250. The van der Waals surface area contributed by atoms with E-state index in [1.54, 1.807) is 6.07 Å². The Hall–Kier alpha value is -2.62. The van der Waals surface area contributed by atoms with Crippen molar-refractivity contribution in [2.45, 2.75) is 6.92 Å². The third-order valence-electron chi connectivity index (χ3n) is 3.31.